The van der Waals surface area contributed by atoms with Gasteiger partial charge in [-0.05, 0) is 38.0 Å². The minimum absolute atomic E-state index is 0.0516. The highest BCUT2D eigenvalue weighted by Gasteiger charge is 2.27. The number of hydrogen-bond acceptors (Lipinski definition) is 3. The van der Waals surface area contributed by atoms with Crippen molar-refractivity contribution in [2.75, 3.05) is 26.2 Å². The number of nitrogens with zero attached hydrogens (tertiary/aromatic N) is 1. The molecule has 2 aliphatic rings. The summed E-state index contributed by atoms with van der Waals surface area (Å²) in [5.74, 6) is 0.459. The first-order chi connectivity index (χ1) is 8.58. The van der Waals surface area contributed by atoms with Gasteiger partial charge in [-0.2, -0.15) is 17.4 Å². The van der Waals surface area contributed by atoms with Gasteiger partial charge in [0, 0.05) is 26.2 Å². The molecule has 0 bridgehead atoms. The minimum Gasteiger partial charge on any atom is -0.377 e. The van der Waals surface area contributed by atoms with Crippen molar-refractivity contribution < 1.29 is 13.2 Å². The number of rotatable bonds is 4. The average Bonchev–Trinajstić information content (AvgIpc) is 2.38. The van der Waals surface area contributed by atoms with Crippen LogP contribution in [0.3, 0.4) is 0 Å². The van der Waals surface area contributed by atoms with E-state index in [1.54, 1.807) is 4.31 Å². The van der Waals surface area contributed by atoms with Crippen LogP contribution in [0.4, 0.5) is 0 Å². The Morgan fingerprint density at radius 1 is 1.28 bits per heavy atom. The molecule has 106 valence electrons. The van der Waals surface area contributed by atoms with Gasteiger partial charge in [0.05, 0.1) is 6.10 Å². The van der Waals surface area contributed by atoms with Crippen molar-refractivity contribution in [2.45, 2.75) is 45.1 Å². The molecule has 0 aromatic carbocycles. The molecule has 0 spiro atoms. The monoisotopic (exact) mass is 276 g/mol. The van der Waals surface area contributed by atoms with Crippen LogP contribution in [0.25, 0.3) is 0 Å². The van der Waals surface area contributed by atoms with E-state index < -0.39 is 10.2 Å². The lowest BCUT2D eigenvalue weighted by molar-refractivity contribution is 0.0197. The van der Waals surface area contributed by atoms with E-state index in [0.29, 0.717) is 25.6 Å². The predicted molar refractivity (Wildman–Crippen MR) is 70.5 cm³/mol. The molecule has 0 amide bonds. The van der Waals surface area contributed by atoms with E-state index in [9.17, 15) is 8.42 Å². The molecule has 5 nitrogen and oxygen atoms in total. The third-order valence-corrected chi connectivity index (χ3v) is 5.27. The van der Waals surface area contributed by atoms with E-state index in [1.165, 1.54) is 0 Å². The van der Waals surface area contributed by atoms with Gasteiger partial charge >= 0.3 is 0 Å². The zero-order valence-corrected chi connectivity index (χ0v) is 11.9. The van der Waals surface area contributed by atoms with E-state index >= 15 is 0 Å². The Bertz CT molecular complexity index is 352. The maximum Gasteiger partial charge on any atom is 0.279 e. The van der Waals surface area contributed by atoms with Crippen molar-refractivity contribution >= 4 is 10.2 Å². The molecule has 2 saturated heterocycles. The molecule has 0 aromatic heterocycles. The fourth-order valence-corrected chi connectivity index (χ4v) is 4.02. The molecule has 2 unspecified atom stereocenters. The van der Waals surface area contributed by atoms with Crippen LogP contribution >= 0.6 is 0 Å². The highest BCUT2D eigenvalue weighted by Crippen LogP contribution is 2.18. The summed E-state index contributed by atoms with van der Waals surface area (Å²) >= 11 is 0. The van der Waals surface area contributed by atoms with Crippen molar-refractivity contribution in [3.8, 4) is 0 Å². The summed E-state index contributed by atoms with van der Waals surface area (Å²) in [5, 5.41) is 0. The highest BCUT2D eigenvalue weighted by atomic mass is 32.2. The molecule has 2 aliphatic heterocycles. The molecule has 2 rings (SSSR count). The molecule has 6 heteroatoms. The SMILES string of the molecule is CC1CCCN(S(=O)(=O)NCC2CCCCO2)C1. The second-order valence-corrected chi connectivity index (χ2v) is 7.20. The third-order valence-electron chi connectivity index (χ3n) is 3.73. The lowest BCUT2D eigenvalue weighted by Crippen LogP contribution is -2.47. The molecule has 0 radical (unpaired) electrons. The maximum absolute atomic E-state index is 12.1. The number of piperidine rings is 1. The van der Waals surface area contributed by atoms with Crippen molar-refractivity contribution in [3.63, 3.8) is 0 Å². The lowest BCUT2D eigenvalue weighted by atomic mass is 10.0. The fourth-order valence-electron chi connectivity index (χ4n) is 2.62. The smallest absolute Gasteiger partial charge is 0.279 e. The van der Waals surface area contributed by atoms with Crippen LogP contribution in [0.1, 0.15) is 39.0 Å². The molecule has 1 N–H and O–H groups in total. The molecule has 2 heterocycles. The van der Waals surface area contributed by atoms with E-state index in [4.69, 9.17) is 4.74 Å². The van der Waals surface area contributed by atoms with Crippen LogP contribution in [-0.2, 0) is 14.9 Å². The lowest BCUT2D eigenvalue weighted by Gasteiger charge is -2.31. The molecular formula is C12H24N2O3S. The first-order valence-electron chi connectivity index (χ1n) is 6.94. The Labute approximate surface area is 110 Å². The first-order valence-corrected chi connectivity index (χ1v) is 8.38. The van der Waals surface area contributed by atoms with Crippen LogP contribution in [0.5, 0.6) is 0 Å². The van der Waals surface area contributed by atoms with Gasteiger partial charge in [0.25, 0.3) is 10.2 Å². The predicted octanol–water partition coefficient (Wildman–Crippen LogP) is 1.12. The summed E-state index contributed by atoms with van der Waals surface area (Å²) in [6.45, 7) is 4.55. The van der Waals surface area contributed by atoms with Gasteiger partial charge in [-0.15, -0.1) is 0 Å². The molecule has 0 aromatic rings. The van der Waals surface area contributed by atoms with Crippen molar-refractivity contribution in [2.24, 2.45) is 5.92 Å². The van der Waals surface area contributed by atoms with E-state index in [2.05, 4.69) is 11.6 Å². The topological polar surface area (TPSA) is 58.6 Å². The Balaban J connectivity index is 1.82. The first kappa shape index (κ1) is 14.2. The number of nitrogens with one attached hydrogen (secondary N) is 1. The summed E-state index contributed by atoms with van der Waals surface area (Å²) < 4.78 is 34.1. The second-order valence-electron chi connectivity index (χ2n) is 5.45. The van der Waals surface area contributed by atoms with Gasteiger partial charge in [-0.1, -0.05) is 6.92 Å². The Morgan fingerprint density at radius 3 is 2.78 bits per heavy atom. The van der Waals surface area contributed by atoms with Crippen LogP contribution < -0.4 is 4.72 Å². The van der Waals surface area contributed by atoms with E-state index in [0.717, 1.165) is 38.7 Å². The van der Waals surface area contributed by atoms with E-state index in [1.807, 2.05) is 0 Å². The summed E-state index contributed by atoms with van der Waals surface area (Å²) in [6, 6.07) is 0. The van der Waals surface area contributed by atoms with Gasteiger partial charge in [-0.3, -0.25) is 0 Å². The Morgan fingerprint density at radius 2 is 2.11 bits per heavy atom. The standard InChI is InChI=1S/C12H24N2O3S/c1-11-5-4-7-14(10-11)18(15,16)13-9-12-6-2-3-8-17-12/h11-13H,2-10H2,1H3. The Kier molecular flexibility index (Phi) is 5.00. The fraction of sp³-hybridized carbons (Fsp3) is 1.00. The van der Waals surface area contributed by atoms with Gasteiger partial charge in [0.15, 0.2) is 0 Å². The zero-order valence-electron chi connectivity index (χ0n) is 11.1. The van der Waals surface area contributed by atoms with Gasteiger partial charge < -0.3 is 4.74 Å². The summed E-state index contributed by atoms with van der Waals surface area (Å²) in [7, 11) is -3.31. The maximum atomic E-state index is 12.1. The molecule has 2 fully saturated rings. The van der Waals surface area contributed by atoms with Crippen molar-refractivity contribution in [1.82, 2.24) is 9.03 Å². The number of ether oxygens (including phenoxy) is 1. The van der Waals surface area contributed by atoms with Crippen molar-refractivity contribution in [3.05, 3.63) is 0 Å². The van der Waals surface area contributed by atoms with Crippen LogP contribution in [0.15, 0.2) is 0 Å². The summed E-state index contributed by atoms with van der Waals surface area (Å²) in [5.41, 5.74) is 0. The summed E-state index contributed by atoms with van der Waals surface area (Å²) in [6.07, 6.45) is 5.31. The second kappa shape index (κ2) is 6.32. The van der Waals surface area contributed by atoms with Crippen molar-refractivity contribution in [1.29, 1.82) is 0 Å². The van der Waals surface area contributed by atoms with Crippen LogP contribution in [-0.4, -0.2) is 45.1 Å². The van der Waals surface area contributed by atoms with Gasteiger partial charge in [0.2, 0.25) is 0 Å². The van der Waals surface area contributed by atoms with Gasteiger partial charge in [-0.25, -0.2) is 0 Å². The van der Waals surface area contributed by atoms with Crippen LogP contribution in [0, 0.1) is 5.92 Å². The highest BCUT2D eigenvalue weighted by molar-refractivity contribution is 7.87. The third kappa shape index (κ3) is 3.91. The quantitative estimate of drug-likeness (QED) is 0.837. The average molecular weight is 276 g/mol. The largest absolute Gasteiger partial charge is 0.377 e. The van der Waals surface area contributed by atoms with E-state index in [-0.39, 0.29) is 6.10 Å². The molecule has 0 aliphatic carbocycles. The molecule has 0 saturated carbocycles. The normalized spacial score (nSPS) is 31.4. The summed E-state index contributed by atoms with van der Waals surface area (Å²) in [4.78, 5) is 0. The van der Waals surface area contributed by atoms with Crippen LogP contribution in [0.2, 0.25) is 0 Å². The minimum atomic E-state index is -3.31. The molecule has 2 atom stereocenters. The molecule has 18 heavy (non-hydrogen) atoms. The number of hydrogen-bond donors (Lipinski definition) is 1. The Hall–Kier alpha value is -0.170. The molecular weight excluding hydrogens is 252 g/mol. The van der Waals surface area contributed by atoms with Gasteiger partial charge in [0.1, 0.15) is 0 Å². The zero-order chi connectivity index (χ0) is 13.0.